The van der Waals surface area contributed by atoms with Crippen LogP contribution in [0, 0.1) is 5.92 Å². The van der Waals surface area contributed by atoms with Gasteiger partial charge in [0, 0.05) is 22.0 Å². The number of amides is 1. The Bertz CT molecular complexity index is 473. The smallest absolute Gasteiger partial charge is 0.254 e. The van der Waals surface area contributed by atoms with Gasteiger partial charge in [-0.2, -0.15) is 0 Å². The Hall–Kier alpha value is -0.390. The number of benzene rings is 1. The van der Waals surface area contributed by atoms with Crippen LogP contribution in [0.2, 0.25) is 0 Å². The molecule has 1 aromatic carbocycles. The minimum absolute atomic E-state index is 0.116. The van der Waals surface area contributed by atoms with Gasteiger partial charge in [0.2, 0.25) is 0 Å². The first kappa shape index (κ1) is 16.0. The lowest BCUT2D eigenvalue weighted by Gasteiger charge is -2.29. The van der Waals surface area contributed by atoms with E-state index >= 15 is 0 Å². The van der Waals surface area contributed by atoms with Crippen LogP contribution < -0.4 is 5.32 Å². The molecule has 0 radical (unpaired) electrons. The number of carbonyl (C=O) groups is 1. The molecule has 2 rings (SSSR count). The van der Waals surface area contributed by atoms with Gasteiger partial charge in [-0.25, -0.2) is 0 Å². The first-order valence-electron chi connectivity index (χ1n) is 7.07. The SMILES string of the molecule is CCN(CC1CCNCC1)C(=O)c1ccc(Br)cc1Br. The summed E-state index contributed by atoms with van der Waals surface area (Å²) in [6.45, 7) is 5.80. The number of halogens is 2. The van der Waals surface area contributed by atoms with Crippen LogP contribution in [0.3, 0.4) is 0 Å². The molecule has 1 saturated heterocycles. The van der Waals surface area contributed by atoms with Crippen molar-refractivity contribution in [1.82, 2.24) is 10.2 Å². The lowest BCUT2D eigenvalue weighted by atomic mass is 9.97. The molecule has 1 aliphatic rings. The molecule has 0 saturated carbocycles. The fraction of sp³-hybridized carbons (Fsp3) is 0.533. The van der Waals surface area contributed by atoms with E-state index in [1.54, 1.807) is 0 Å². The topological polar surface area (TPSA) is 32.3 Å². The molecule has 0 spiro atoms. The Morgan fingerprint density at radius 3 is 2.65 bits per heavy atom. The first-order valence-corrected chi connectivity index (χ1v) is 8.65. The fourth-order valence-corrected chi connectivity index (χ4v) is 3.78. The van der Waals surface area contributed by atoms with E-state index in [1.165, 1.54) is 0 Å². The van der Waals surface area contributed by atoms with Crippen molar-refractivity contribution in [2.24, 2.45) is 5.92 Å². The first-order chi connectivity index (χ1) is 9.61. The summed E-state index contributed by atoms with van der Waals surface area (Å²) in [4.78, 5) is 14.6. The molecule has 0 unspecified atom stereocenters. The summed E-state index contributed by atoms with van der Waals surface area (Å²) in [7, 11) is 0. The highest BCUT2D eigenvalue weighted by molar-refractivity contribution is 9.11. The molecular weight excluding hydrogens is 384 g/mol. The minimum Gasteiger partial charge on any atom is -0.339 e. The molecule has 20 heavy (non-hydrogen) atoms. The van der Waals surface area contributed by atoms with Gasteiger partial charge >= 0.3 is 0 Å². The largest absolute Gasteiger partial charge is 0.339 e. The van der Waals surface area contributed by atoms with Crippen molar-refractivity contribution in [3.05, 3.63) is 32.7 Å². The summed E-state index contributed by atoms with van der Waals surface area (Å²) >= 11 is 6.90. The second-order valence-electron chi connectivity index (χ2n) is 5.16. The maximum Gasteiger partial charge on any atom is 0.254 e. The van der Waals surface area contributed by atoms with Gasteiger partial charge in [0.25, 0.3) is 5.91 Å². The molecule has 0 aromatic heterocycles. The lowest BCUT2D eigenvalue weighted by Crippen LogP contribution is -2.39. The summed E-state index contributed by atoms with van der Waals surface area (Å²) in [6, 6.07) is 5.71. The van der Waals surface area contributed by atoms with Crippen LogP contribution in [0.1, 0.15) is 30.1 Å². The Kier molecular flexibility index (Phi) is 6.05. The van der Waals surface area contributed by atoms with Crippen molar-refractivity contribution in [1.29, 1.82) is 0 Å². The summed E-state index contributed by atoms with van der Waals surface area (Å²) < 4.78 is 1.82. The van der Waals surface area contributed by atoms with Crippen molar-refractivity contribution in [2.75, 3.05) is 26.2 Å². The molecule has 0 atom stereocenters. The molecule has 1 amide bonds. The summed E-state index contributed by atoms with van der Waals surface area (Å²) in [5.41, 5.74) is 0.740. The highest BCUT2D eigenvalue weighted by Crippen LogP contribution is 2.24. The van der Waals surface area contributed by atoms with Crippen molar-refractivity contribution in [3.63, 3.8) is 0 Å². The monoisotopic (exact) mass is 402 g/mol. The molecule has 0 bridgehead atoms. The molecule has 1 heterocycles. The molecule has 1 aliphatic heterocycles. The Balaban J connectivity index is 2.07. The van der Waals surface area contributed by atoms with Crippen LogP contribution in [0.4, 0.5) is 0 Å². The van der Waals surface area contributed by atoms with Gasteiger partial charge in [-0.05, 0) is 72.9 Å². The zero-order valence-electron chi connectivity index (χ0n) is 11.7. The molecule has 3 nitrogen and oxygen atoms in total. The van der Waals surface area contributed by atoms with Gasteiger partial charge in [-0.1, -0.05) is 15.9 Å². The number of nitrogens with one attached hydrogen (secondary N) is 1. The van der Waals surface area contributed by atoms with Crippen molar-refractivity contribution < 1.29 is 4.79 Å². The van der Waals surface area contributed by atoms with E-state index in [-0.39, 0.29) is 5.91 Å². The molecule has 110 valence electrons. The van der Waals surface area contributed by atoms with E-state index in [1.807, 2.05) is 30.0 Å². The molecule has 5 heteroatoms. The van der Waals surface area contributed by atoms with Crippen LogP contribution in [0.25, 0.3) is 0 Å². The number of nitrogens with zero attached hydrogens (tertiary/aromatic N) is 1. The van der Waals surface area contributed by atoms with Gasteiger partial charge < -0.3 is 10.2 Å². The van der Waals surface area contributed by atoms with Crippen molar-refractivity contribution >= 4 is 37.8 Å². The summed E-state index contributed by atoms with van der Waals surface area (Å²) in [6.07, 6.45) is 2.32. The van der Waals surface area contributed by atoms with Gasteiger partial charge in [0.1, 0.15) is 0 Å². The molecule has 1 N–H and O–H groups in total. The molecule has 1 aromatic rings. The van der Waals surface area contributed by atoms with Gasteiger partial charge in [0.05, 0.1) is 5.56 Å². The quantitative estimate of drug-likeness (QED) is 0.831. The maximum absolute atomic E-state index is 12.6. The summed E-state index contributed by atoms with van der Waals surface area (Å²) in [5.74, 6) is 0.736. The predicted octanol–water partition coefficient (Wildman–Crippen LogP) is 3.67. The van der Waals surface area contributed by atoms with E-state index in [0.717, 1.165) is 53.5 Å². The number of piperidine rings is 1. The molecule has 0 aliphatic carbocycles. The third-order valence-electron chi connectivity index (χ3n) is 3.77. The zero-order chi connectivity index (χ0) is 14.5. The maximum atomic E-state index is 12.6. The van der Waals surface area contributed by atoms with Crippen molar-refractivity contribution in [2.45, 2.75) is 19.8 Å². The predicted molar refractivity (Wildman–Crippen MR) is 89.0 cm³/mol. The van der Waals surface area contributed by atoms with Crippen LogP contribution in [-0.4, -0.2) is 37.0 Å². The average molecular weight is 404 g/mol. The second-order valence-corrected chi connectivity index (χ2v) is 6.93. The second kappa shape index (κ2) is 7.57. The number of rotatable bonds is 4. The minimum atomic E-state index is 0.116. The van der Waals surface area contributed by atoms with Crippen LogP contribution in [0.5, 0.6) is 0 Å². The molecule has 1 fully saturated rings. The van der Waals surface area contributed by atoms with E-state index in [4.69, 9.17) is 0 Å². The Morgan fingerprint density at radius 2 is 2.05 bits per heavy atom. The van der Waals surface area contributed by atoms with E-state index in [2.05, 4.69) is 37.2 Å². The number of hydrogen-bond donors (Lipinski definition) is 1. The fourth-order valence-electron chi connectivity index (χ4n) is 2.56. The lowest BCUT2D eigenvalue weighted by molar-refractivity contribution is 0.0726. The highest BCUT2D eigenvalue weighted by atomic mass is 79.9. The van der Waals surface area contributed by atoms with Gasteiger partial charge in [-0.15, -0.1) is 0 Å². The standard InChI is InChI=1S/C15H20Br2N2O/c1-2-19(10-11-5-7-18-8-6-11)15(20)13-4-3-12(16)9-14(13)17/h3-4,9,11,18H,2,5-8,10H2,1H3. The summed E-state index contributed by atoms with van der Waals surface area (Å²) in [5, 5.41) is 3.37. The van der Waals surface area contributed by atoms with E-state index < -0.39 is 0 Å². The van der Waals surface area contributed by atoms with Gasteiger partial charge in [0.15, 0.2) is 0 Å². The average Bonchev–Trinajstić information content (AvgIpc) is 2.45. The molecular formula is C15H20Br2N2O. The Labute approximate surface area is 137 Å². The number of hydrogen-bond acceptors (Lipinski definition) is 2. The number of carbonyl (C=O) groups excluding carboxylic acids is 1. The zero-order valence-corrected chi connectivity index (χ0v) is 14.8. The third-order valence-corrected chi connectivity index (χ3v) is 4.92. The normalized spacial score (nSPS) is 16.1. The van der Waals surface area contributed by atoms with Crippen LogP contribution in [-0.2, 0) is 0 Å². The van der Waals surface area contributed by atoms with Crippen LogP contribution in [0.15, 0.2) is 27.1 Å². The van der Waals surface area contributed by atoms with E-state index in [9.17, 15) is 4.79 Å². The Morgan fingerprint density at radius 1 is 1.35 bits per heavy atom. The van der Waals surface area contributed by atoms with E-state index in [0.29, 0.717) is 5.92 Å². The third kappa shape index (κ3) is 4.06. The van der Waals surface area contributed by atoms with Crippen LogP contribution >= 0.6 is 31.9 Å². The highest BCUT2D eigenvalue weighted by Gasteiger charge is 2.22. The van der Waals surface area contributed by atoms with Crippen molar-refractivity contribution in [3.8, 4) is 0 Å². The van der Waals surface area contributed by atoms with Gasteiger partial charge in [-0.3, -0.25) is 4.79 Å².